The molecule has 1 saturated heterocycles. The molecule has 0 aromatic carbocycles. The SMILES string of the molecule is CCC1CCCN(c2nc(NN)c(Cl)cc2Cl)C1. The number of piperidine rings is 1. The van der Waals surface area contributed by atoms with Crippen LogP contribution in [0.1, 0.15) is 26.2 Å². The number of nitrogens with zero attached hydrogens (tertiary/aromatic N) is 2. The standard InChI is InChI=1S/C12H18Cl2N4/c1-2-8-4-3-5-18(7-8)12-10(14)6-9(13)11(16-12)17-15/h6,8H,2-5,7,15H2,1H3,(H,16,17). The molecule has 2 rings (SSSR count). The van der Waals surface area contributed by atoms with Crippen LogP contribution in [0.5, 0.6) is 0 Å². The summed E-state index contributed by atoms with van der Waals surface area (Å²) in [7, 11) is 0. The number of aromatic nitrogens is 1. The Labute approximate surface area is 117 Å². The monoisotopic (exact) mass is 288 g/mol. The maximum absolute atomic E-state index is 6.23. The summed E-state index contributed by atoms with van der Waals surface area (Å²) in [6, 6.07) is 1.69. The summed E-state index contributed by atoms with van der Waals surface area (Å²) in [5.41, 5.74) is 2.50. The van der Waals surface area contributed by atoms with Crippen LogP contribution in [0, 0.1) is 5.92 Å². The smallest absolute Gasteiger partial charge is 0.161 e. The minimum atomic E-state index is 0.440. The molecule has 4 nitrogen and oxygen atoms in total. The van der Waals surface area contributed by atoms with Gasteiger partial charge in [0, 0.05) is 13.1 Å². The van der Waals surface area contributed by atoms with E-state index >= 15 is 0 Å². The first-order chi connectivity index (χ1) is 8.65. The van der Waals surface area contributed by atoms with Gasteiger partial charge in [-0.05, 0) is 24.8 Å². The lowest BCUT2D eigenvalue weighted by molar-refractivity contribution is 0.403. The van der Waals surface area contributed by atoms with E-state index in [1.165, 1.54) is 19.3 Å². The van der Waals surface area contributed by atoms with Crippen molar-refractivity contribution in [2.45, 2.75) is 26.2 Å². The third-order valence-corrected chi connectivity index (χ3v) is 4.01. The van der Waals surface area contributed by atoms with E-state index in [4.69, 9.17) is 29.0 Å². The fourth-order valence-corrected chi connectivity index (χ4v) is 2.90. The molecule has 2 heterocycles. The van der Waals surface area contributed by atoms with Crippen molar-refractivity contribution >= 4 is 34.8 Å². The van der Waals surface area contributed by atoms with Gasteiger partial charge < -0.3 is 10.3 Å². The van der Waals surface area contributed by atoms with Gasteiger partial charge in [0.2, 0.25) is 0 Å². The van der Waals surface area contributed by atoms with Crippen LogP contribution in [0.4, 0.5) is 11.6 Å². The number of pyridine rings is 1. The summed E-state index contributed by atoms with van der Waals surface area (Å²) >= 11 is 12.2. The average molecular weight is 289 g/mol. The van der Waals surface area contributed by atoms with E-state index in [0.717, 1.165) is 18.9 Å². The van der Waals surface area contributed by atoms with Crippen LogP contribution >= 0.6 is 23.2 Å². The number of hydrogen-bond donors (Lipinski definition) is 2. The average Bonchev–Trinajstić information content (AvgIpc) is 2.39. The molecule has 1 aliphatic heterocycles. The molecule has 1 unspecified atom stereocenters. The zero-order chi connectivity index (χ0) is 13.1. The number of nitrogen functional groups attached to an aromatic ring is 1. The quantitative estimate of drug-likeness (QED) is 0.662. The lowest BCUT2D eigenvalue weighted by Gasteiger charge is -2.33. The van der Waals surface area contributed by atoms with Crippen LogP contribution < -0.4 is 16.2 Å². The van der Waals surface area contributed by atoms with Crippen LogP contribution in [0.25, 0.3) is 0 Å². The maximum Gasteiger partial charge on any atom is 0.161 e. The van der Waals surface area contributed by atoms with Crippen molar-refractivity contribution in [1.82, 2.24) is 4.98 Å². The van der Waals surface area contributed by atoms with E-state index in [2.05, 4.69) is 22.2 Å². The van der Waals surface area contributed by atoms with Gasteiger partial charge in [-0.2, -0.15) is 0 Å². The molecule has 1 aliphatic rings. The molecule has 1 atom stereocenters. The first kappa shape index (κ1) is 13.7. The molecule has 18 heavy (non-hydrogen) atoms. The van der Waals surface area contributed by atoms with Crippen LogP contribution in [0.3, 0.4) is 0 Å². The number of halogens is 2. The Balaban J connectivity index is 2.26. The summed E-state index contributed by atoms with van der Waals surface area (Å²) in [5, 5.41) is 1.02. The van der Waals surface area contributed by atoms with Crippen LogP contribution in [0.2, 0.25) is 10.0 Å². The van der Waals surface area contributed by atoms with Gasteiger partial charge in [0.25, 0.3) is 0 Å². The molecule has 100 valence electrons. The van der Waals surface area contributed by atoms with Gasteiger partial charge in [0.15, 0.2) is 5.82 Å². The highest BCUT2D eigenvalue weighted by Gasteiger charge is 2.22. The van der Waals surface area contributed by atoms with Gasteiger partial charge in [-0.15, -0.1) is 0 Å². The molecule has 1 fully saturated rings. The van der Waals surface area contributed by atoms with E-state index < -0.39 is 0 Å². The molecular formula is C12H18Cl2N4. The number of anilines is 2. The molecule has 0 saturated carbocycles. The second-order valence-electron chi connectivity index (χ2n) is 4.63. The summed E-state index contributed by atoms with van der Waals surface area (Å²) in [5.74, 6) is 7.34. The molecule has 6 heteroatoms. The Morgan fingerprint density at radius 1 is 1.50 bits per heavy atom. The lowest BCUT2D eigenvalue weighted by atomic mass is 9.96. The number of rotatable bonds is 3. The Morgan fingerprint density at radius 3 is 2.94 bits per heavy atom. The summed E-state index contributed by atoms with van der Waals surface area (Å²) in [6.45, 7) is 4.20. The van der Waals surface area contributed by atoms with Crippen molar-refractivity contribution in [2.75, 3.05) is 23.4 Å². The van der Waals surface area contributed by atoms with Crippen LogP contribution in [-0.2, 0) is 0 Å². The number of nitrogens with one attached hydrogen (secondary N) is 1. The predicted molar refractivity (Wildman–Crippen MR) is 77.3 cm³/mol. The Bertz CT molecular complexity index is 425. The van der Waals surface area contributed by atoms with Crippen molar-refractivity contribution < 1.29 is 0 Å². The van der Waals surface area contributed by atoms with Crippen molar-refractivity contribution in [2.24, 2.45) is 11.8 Å². The Morgan fingerprint density at radius 2 is 2.28 bits per heavy atom. The van der Waals surface area contributed by atoms with Crippen molar-refractivity contribution in [3.63, 3.8) is 0 Å². The van der Waals surface area contributed by atoms with Gasteiger partial charge in [0.1, 0.15) is 5.82 Å². The fourth-order valence-electron chi connectivity index (χ4n) is 2.37. The van der Waals surface area contributed by atoms with E-state index in [1.807, 2.05) is 0 Å². The third kappa shape index (κ3) is 2.82. The van der Waals surface area contributed by atoms with Crippen LogP contribution in [0.15, 0.2) is 6.07 Å². The normalized spacial score (nSPS) is 20.0. The topological polar surface area (TPSA) is 54.2 Å². The molecule has 0 amide bonds. The highest BCUT2D eigenvalue weighted by atomic mass is 35.5. The number of hydrogen-bond acceptors (Lipinski definition) is 4. The molecule has 0 aliphatic carbocycles. The van der Waals surface area contributed by atoms with Gasteiger partial charge in [0.05, 0.1) is 10.0 Å². The van der Waals surface area contributed by atoms with Gasteiger partial charge >= 0.3 is 0 Å². The van der Waals surface area contributed by atoms with E-state index in [9.17, 15) is 0 Å². The summed E-state index contributed by atoms with van der Waals surface area (Å²) in [4.78, 5) is 6.63. The lowest BCUT2D eigenvalue weighted by Crippen LogP contribution is -2.36. The van der Waals surface area contributed by atoms with Crippen molar-refractivity contribution in [1.29, 1.82) is 0 Å². The molecule has 1 aromatic heterocycles. The first-order valence-corrected chi connectivity index (χ1v) is 6.99. The molecule has 0 spiro atoms. The van der Waals surface area contributed by atoms with E-state index in [-0.39, 0.29) is 0 Å². The second-order valence-corrected chi connectivity index (χ2v) is 5.45. The molecule has 3 N–H and O–H groups in total. The van der Waals surface area contributed by atoms with Gasteiger partial charge in [-0.3, -0.25) is 0 Å². The highest BCUT2D eigenvalue weighted by Crippen LogP contribution is 2.33. The highest BCUT2D eigenvalue weighted by molar-refractivity contribution is 6.37. The number of nitrogens with two attached hydrogens (primary N) is 1. The van der Waals surface area contributed by atoms with Crippen LogP contribution in [-0.4, -0.2) is 18.1 Å². The zero-order valence-electron chi connectivity index (χ0n) is 10.4. The minimum Gasteiger partial charge on any atom is -0.355 e. The molecule has 0 bridgehead atoms. The van der Waals surface area contributed by atoms with E-state index in [1.54, 1.807) is 6.07 Å². The van der Waals surface area contributed by atoms with Crippen molar-refractivity contribution in [3.05, 3.63) is 16.1 Å². The zero-order valence-corrected chi connectivity index (χ0v) is 11.9. The summed E-state index contributed by atoms with van der Waals surface area (Å²) < 4.78 is 0. The number of hydrazine groups is 1. The second kappa shape index (κ2) is 5.95. The molecule has 0 radical (unpaired) electrons. The largest absolute Gasteiger partial charge is 0.355 e. The Hall–Kier alpha value is -0.710. The van der Waals surface area contributed by atoms with E-state index in [0.29, 0.717) is 21.8 Å². The maximum atomic E-state index is 6.23. The summed E-state index contributed by atoms with van der Waals surface area (Å²) in [6.07, 6.45) is 3.63. The third-order valence-electron chi connectivity index (χ3n) is 3.44. The van der Waals surface area contributed by atoms with Gasteiger partial charge in [-0.25, -0.2) is 10.8 Å². The fraction of sp³-hybridized carbons (Fsp3) is 0.583. The van der Waals surface area contributed by atoms with Gasteiger partial charge in [-0.1, -0.05) is 36.5 Å². The molecule has 1 aromatic rings. The minimum absolute atomic E-state index is 0.440. The van der Waals surface area contributed by atoms with Crippen molar-refractivity contribution in [3.8, 4) is 0 Å². The first-order valence-electron chi connectivity index (χ1n) is 6.23. The predicted octanol–water partition coefficient (Wildman–Crippen LogP) is 3.30. The Kier molecular flexibility index (Phi) is 4.54. The molecular weight excluding hydrogens is 271 g/mol.